The molecule has 0 amide bonds. The molecule has 1 aliphatic heterocycles. The van der Waals surface area contributed by atoms with Crippen LogP contribution < -0.4 is 10.2 Å². The van der Waals surface area contributed by atoms with Crippen molar-refractivity contribution >= 4 is 11.8 Å². The minimum atomic E-state index is -0.0215. The summed E-state index contributed by atoms with van der Waals surface area (Å²) in [7, 11) is 3.68. The Morgan fingerprint density at radius 2 is 2.10 bits per heavy atom. The van der Waals surface area contributed by atoms with Gasteiger partial charge in [-0.2, -0.15) is 4.98 Å². The maximum Gasteiger partial charge on any atom is 0.227 e. The Kier molecular flexibility index (Phi) is 5.00. The Morgan fingerprint density at radius 3 is 2.62 bits per heavy atom. The highest BCUT2D eigenvalue weighted by molar-refractivity contribution is 5.45. The summed E-state index contributed by atoms with van der Waals surface area (Å²) in [5.74, 6) is 1.59. The smallest absolute Gasteiger partial charge is 0.227 e. The van der Waals surface area contributed by atoms with Crippen LogP contribution in [-0.2, 0) is 14.9 Å². The number of rotatable bonds is 6. The Labute approximate surface area is 126 Å². The summed E-state index contributed by atoms with van der Waals surface area (Å²) >= 11 is 0. The Bertz CT molecular complexity index is 469. The zero-order chi connectivity index (χ0) is 15.5. The third-order valence-electron chi connectivity index (χ3n) is 3.45. The van der Waals surface area contributed by atoms with E-state index in [1.165, 1.54) is 0 Å². The maximum atomic E-state index is 5.20. The lowest BCUT2D eigenvalue weighted by molar-refractivity contribution is 0.0209. The molecule has 1 N–H and O–H groups in total. The molecule has 6 heteroatoms. The van der Waals surface area contributed by atoms with Gasteiger partial charge in [0.2, 0.25) is 5.95 Å². The molecule has 1 aliphatic rings. The Hall–Kier alpha value is -1.40. The van der Waals surface area contributed by atoms with Crippen molar-refractivity contribution in [1.82, 2.24) is 9.97 Å². The zero-order valence-electron chi connectivity index (χ0n) is 13.6. The summed E-state index contributed by atoms with van der Waals surface area (Å²) in [6.07, 6.45) is 0. The number of nitrogens with one attached hydrogen (secondary N) is 1. The predicted molar refractivity (Wildman–Crippen MR) is 84.1 cm³/mol. The first kappa shape index (κ1) is 16.0. The Balaban J connectivity index is 2.23. The largest absolute Gasteiger partial charge is 0.383 e. The average molecular weight is 294 g/mol. The maximum absolute atomic E-state index is 5.20. The van der Waals surface area contributed by atoms with Gasteiger partial charge in [-0.3, -0.25) is 0 Å². The van der Waals surface area contributed by atoms with E-state index < -0.39 is 0 Å². The molecule has 0 atom stereocenters. The molecule has 1 aromatic rings. The van der Waals surface area contributed by atoms with Gasteiger partial charge in [0.25, 0.3) is 0 Å². The van der Waals surface area contributed by atoms with Crippen LogP contribution in [0.4, 0.5) is 11.8 Å². The highest BCUT2D eigenvalue weighted by Gasteiger charge is 2.22. The van der Waals surface area contributed by atoms with E-state index in [-0.39, 0.29) is 5.41 Å². The van der Waals surface area contributed by atoms with Crippen LogP contribution in [0.15, 0.2) is 6.07 Å². The van der Waals surface area contributed by atoms with Crippen LogP contribution in [0.25, 0.3) is 0 Å². The van der Waals surface area contributed by atoms with Gasteiger partial charge in [-0.25, -0.2) is 4.98 Å². The van der Waals surface area contributed by atoms with E-state index in [0.29, 0.717) is 12.6 Å². The zero-order valence-corrected chi connectivity index (χ0v) is 13.6. The highest BCUT2D eigenvalue weighted by atomic mass is 16.5. The molecule has 0 aromatic carbocycles. The van der Waals surface area contributed by atoms with E-state index in [1.807, 2.05) is 18.0 Å². The standard InChI is InChI=1S/C15H26N4O2/c1-15(2,3)12-8-13(16-11-9-21-10-11)18-14(17-12)19(4)6-7-20-5/h8,11H,6-7,9-10H2,1-5H3,(H,16,17,18). The number of hydrogen-bond acceptors (Lipinski definition) is 6. The van der Waals surface area contributed by atoms with Gasteiger partial charge in [-0.05, 0) is 0 Å². The van der Waals surface area contributed by atoms with E-state index >= 15 is 0 Å². The van der Waals surface area contributed by atoms with Crippen molar-refractivity contribution < 1.29 is 9.47 Å². The second-order valence-corrected chi connectivity index (χ2v) is 6.48. The van der Waals surface area contributed by atoms with Gasteiger partial charge >= 0.3 is 0 Å². The molecule has 2 rings (SSSR count). The molecule has 6 nitrogen and oxygen atoms in total. The second kappa shape index (κ2) is 6.58. The summed E-state index contributed by atoms with van der Waals surface area (Å²) in [5.41, 5.74) is 1.01. The molecule has 0 spiro atoms. The van der Waals surface area contributed by atoms with Gasteiger partial charge in [-0.15, -0.1) is 0 Å². The van der Waals surface area contributed by atoms with E-state index in [4.69, 9.17) is 14.5 Å². The summed E-state index contributed by atoms with van der Waals surface area (Å²) in [5, 5.41) is 3.41. The lowest BCUT2D eigenvalue weighted by Crippen LogP contribution is -2.40. The summed E-state index contributed by atoms with van der Waals surface area (Å²) in [6.45, 7) is 9.36. The first-order chi connectivity index (χ1) is 9.90. The molecule has 1 saturated heterocycles. The van der Waals surface area contributed by atoms with E-state index in [0.717, 1.165) is 37.2 Å². The molecule has 0 radical (unpaired) electrons. The average Bonchev–Trinajstić information content (AvgIpc) is 2.39. The van der Waals surface area contributed by atoms with Crippen molar-refractivity contribution in [2.75, 3.05) is 50.7 Å². The van der Waals surface area contributed by atoms with Crippen molar-refractivity contribution in [3.8, 4) is 0 Å². The molecule has 21 heavy (non-hydrogen) atoms. The van der Waals surface area contributed by atoms with Gasteiger partial charge in [0.05, 0.1) is 31.6 Å². The topological polar surface area (TPSA) is 59.5 Å². The van der Waals surface area contributed by atoms with Crippen LogP contribution in [0.1, 0.15) is 26.5 Å². The second-order valence-electron chi connectivity index (χ2n) is 6.48. The molecule has 0 bridgehead atoms. The number of aromatic nitrogens is 2. The minimum Gasteiger partial charge on any atom is -0.383 e. The molecular weight excluding hydrogens is 268 g/mol. The number of likely N-dealkylation sites (N-methyl/N-ethyl adjacent to an activating group) is 1. The predicted octanol–water partition coefficient (Wildman–Crippen LogP) is 1.67. The van der Waals surface area contributed by atoms with Crippen LogP contribution in [0, 0.1) is 0 Å². The number of anilines is 2. The van der Waals surface area contributed by atoms with E-state index in [1.54, 1.807) is 7.11 Å². The van der Waals surface area contributed by atoms with Crippen LogP contribution in [0.5, 0.6) is 0 Å². The minimum absolute atomic E-state index is 0.0215. The number of nitrogens with zero attached hydrogens (tertiary/aromatic N) is 3. The highest BCUT2D eigenvalue weighted by Crippen LogP contribution is 2.25. The third kappa shape index (κ3) is 4.28. The molecule has 1 fully saturated rings. The Morgan fingerprint density at radius 1 is 1.38 bits per heavy atom. The van der Waals surface area contributed by atoms with Gasteiger partial charge in [0.1, 0.15) is 5.82 Å². The van der Waals surface area contributed by atoms with Gasteiger partial charge in [-0.1, -0.05) is 20.8 Å². The monoisotopic (exact) mass is 294 g/mol. The number of hydrogen-bond donors (Lipinski definition) is 1. The number of methoxy groups -OCH3 is 1. The van der Waals surface area contributed by atoms with Crippen LogP contribution in [0.3, 0.4) is 0 Å². The van der Waals surface area contributed by atoms with E-state index in [2.05, 4.69) is 31.1 Å². The molecule has 118 valence electrons. The SMILES string of the molecule is COCCN(C)c1nc(NC2COC2)cc(C(C)(C)C)n1. The summed E-state index contributed by atoms with van der Waals surface area (Å²) in [6, 6.07) is 2.39. The molecule has 0 aliphatic carbocycles. The summed E-state index contributed by atoms with van der Waals surface area (Å²) < 4.78 is 10.3. The van der Waals surface area contributed by atoms with E-state index in [9.17, 15) is 0 Å². The normalized spacial score (nSPS) is 15.7. The first-order valence-corrected chi connectivity index (χ1v) is 7.34. The molecule has 0 saturated carbocycles. The molecule has 1 aromatic heterocycles. The number of ether oxygens (including phenoxy) is 2. The van der Waals surface area contributed by atoms with Gasteiger partial charge < -0.3 is 19.7 Å². The first-order valence-electron chi connectivity index (χ1n) is 7.34. The van der Waals surface area contributed by atoms with Gasteiger partial charge in [0, 0.05) is 32.2 Å². The lowest BCUT2D eigenvalue weighted by atomic mass is 9.92. The fraction of sp³-hybridized carbons (Fsp3) is 0.733. The van der Waals surface area contributed by atoms with Crippen LogP contribution in [-0.4, -0.2) is 56.5 Å². The van der Waals surface area contributed by atoms with Crippen molar-refractivity contribution in [1.29, 1.82) is 0 Å². The van der Waals surface area contributed by atoms with Crippen LogP contribution >= 0.6 is 0 Å². The molecular formula is C15H26N4O2. The lowest BCUT2D eigenvalue weighted by Gasteiger charge is -2.29. The van der Waals surface area contributed by atoms with Gasteiger partial charge in [0.15, 0.2) is 0 Å². The third-order valence-corrected chi connectivity index (χ3v) is 3.45. The quantitative estimate of drug-likeness (QED) is 0.861. The van der Waals surface area contributed by atoms with Crippen molar-refractivity contribution in [3.63, 3.8) is 0 Å². The fourth-order valence-corrected chi connectivity index (χ4v) is 1.92. The van der Waals surface area contributed by atoms with Crippen molar-refractivity contribution in [2.24, 2.45) is 0 Å². The fourth-order valence-electron chi connectivity index (χ4n) is 1.92. The molecule has 2 heterocycles. The van der Waals surface area contributed by atoms with Crippen molar-refractivity contribution in [3.05, 3.63) is 11.8 Å². The molecule has 0 unspecified atom stereocenters. The van der Waals surface area contributed by atoms with Crippen molar-refractivity contribution in [2.45, 2.75) is 32.2 Å². The van der Waals surface area contributed by atoms with Crippen LogP contribution in [0.2, 0.25) is 0 Å². The summed E-state index contributed by atoms with van der Waals surface area (Å²) in [4.78, 5) is 11.3.